The van der Waals surface area contributed by atoms with E-state index in [0.29, 0.717) is 11.3 Å². The molecule has 0 radical (unpaired) electrons. The predicted octanol–water partition coefficient (Wildman–Crippen LogP) is 1.33. The molecule has 114 valence electrons. The lowest BCUT2D eigenvalue weighted by Crippen LogP contribution is -2.17. The molecule has 0 amide bonds. The minimum atomic E-state index is -3.18. The normalized spacial score (nSPS) is 13.3. The molecule has 7 heteroatoms. The summed E-state index contributed by atoms with van der Waals surface area (Å²) in [7, 11) is -3.18. The van der Waals surface area contributed by atoms with Gasteiger partial charge >= 0.3 is 0 Å². The molecule has 0 saturated heterocycles. The monoisotopic (exact) mass is 308 g/mol. The lowest BCUT2D eigenvalue weighted by atomic mass is 10.0. The Bertz CT molecular complexity index is 692. The molecular weight excluding hydrogens is 288 g/mol. The van der Waals surface area contributed by atoms with E-state index in [-0.39, 0.29) is 6.04 Å². The van der Waals surface area contributed by atoms with Crippen molar-refractivity contribution < 1.29 is 8.42 Å². The molecule has 0 bridgehead atoms. The van der Waals surface area contributed by atoms with Gasteiger partial charge in [0.05, 0.1) is 4.90 Å². The van der Waals surface area contributed by atoms with E-state index in [0.717, 1.165) is 24.4 Å². The molecule has 6 nitrogen and oxygen atoms in total. The molecule has 0 saturated carbocycles. The summed E-state index contributed by atoms with van der Waals surface area (Å²) >= 11 is 0. The lowest BCUT2D eigenvalue weighted by Gasteiger charge is -2.13. The van der Waals surface area contributed by atoms with Gasteiger partial charge < -0.3 is 5.73 Å². The van der Waals surface area contributed by atoms with Crippen LogP contribution in [0.4, 0.5) is 0 Å². The lowest BCUT2D eigenvalue weighted by molar-refractivity contribution is 0.548. The first-order valence-corrected chi connectivity index (χ1v) is 8.73. The molecule has 1 aromatic carbocycles. The minimum absolute atomic E-state index is 0.238. The van der Waals surface area contributed by atoms with Crippen molar-refractivity contribution in [1.29, 1.82) is 0 Å². The van der Waals surface area contributed by atoms with Crippen molar-refractivity contribution in [1.82, 2.24) is 14.8 Å². The molecule has 0 aliphatic heterocycles. The second-order valence-corrected chi connectivity index (χ2v) is 7.07. The van der Waals surface area contributed by atoms with Gasteiger partial charge in [0.25, 0.3) is 0 Å². The summed E-state index contributed by atoms with van der Waals surface area (Å²) in [5.41, 5.74) is 7.06. The molecule has 2 aromatic rings. The number of aromatic nitrogens is 3. The van der Waals surface area contributed by atoms with Crippen molar-refractivity contribution in [2.75, 3.05) is 6.26 Å². The maximum absolute atomic E-state index is 11.4. The van der Waals surface area contributed by atoms with Gasteiger partial charge in [0.2, 0.25) is 0 Å². The minimum Gasteiger partial charge on any atom is -0.324 e. The number of aryl methyl sites for hydroxylation is 1. The van der Waals surface area contributed by atoms with Crippen LogP contribution in [0.2, 0.25) is 0 Å². The second kappa shape index (κ2) is 6.36. The maximum atomic E-state index is 11.4. The average molecular weight is 308 g/mol. The quantitative estimate of drug-likeness (QED) is 0.869. The third kappa shape index (κ3) is 3.89. The Morgan fingerprint density at radius 3 is 2.52 bits per heavy atom. The molecule has 2 N–H and O–H groups in total. The van der Waals surface area contributed by atoms with E-state index in [4.69, 9.17) is 5.73 Å². The van der Waals surface area contributed by atoms with E-state index >= 15 is 0 Å². The van der Waals surface area contributed by atoms with Gasteiger partial charge in [-0.3, -0.25) is 4.68 Å². The summed E-state index contributed by atoms with van der Waals surface area (Å²) < 4.78 is 24.7. The average Bonchev–Trinajstić information content (AvgIpc) is 2.86. The third-order valence-electron chi connectivity index (χ3n) is 3.27. The predicted molar refractivity (Wildman–Crippen MR) is 80.5 cm³/mol. The number of rotatable bonds is 6. The summed E-state index contributed by atoms with van der Waals surface area (Å²) in [5.74, 6) is 0.844. The van der Waals surface area contributed by atoms with Crippen molar-refractivity contribution in [3.63, 3.8) is 0 Å². The number of nitrogens with zero attached hydrogens (tertiary/aromatic N) is 3. The highest BCUT2D eigenvalue weighted by Gasteiger charge is 2.13. The van der Waals surface area contributed by atoms with Crippen LogP contribution in [0, 0.1) is 0 Å². The van der Waals surface area contributed by atoms with Crippen LogP contribution < -0.4 is 5.73 Å². The number of hydrogen-bond acceptors (Lipinski definition) is 5. The van der Waals surface area contributed by atoms with E-state index < -0.39 is 9.84 Å². The van der Waals surface area contributed by atoms with Gasteiger partial charge in [0, 0.05) is 25.3 Å². The first-order valence-electron chi connectivity index (χ1n) is 6.84. The van der Waals surface area contributed by atoms with Gasteiger partial charge in [0.15, 0.2) is 9.84 Å². The Morgan fingerprint density at radius 2 is 1.95 bits per heavy atom. The van der Waals surface area contributed by atoms with Gasteiger partial charge in [-0.1, -0.05) is 19.1 Å². The molecule has 0 spiro atoms. The van der Waals surface area contributed by atoms with Crippen molar-refractivity contribution in [3.05, 3.63) is 42.0 Å². The summed E-state index contributed by atoms with van der Waals surface area (Å²) in [6.07, 6.45) is 4.27. The van der Waals surface area contributed by atoms with Crippen LogP contribution in [-0.2, 0) is 22.8 Å². The van der Waals surface area contributed by atoms with Gasteiger partial charge in [0.1, 0.15) is 12.2 Å². The molecule has 1 atom stereocenters. The van der Waals surface area contributed by atoms with Crippen molar-refractivity contribution >= 4 is 9.84 Å². The van der Waals surface area contributed by atoms with Crippen molar-refractivity contribution in [2.24, 2.45) is 5.73 Å². The molecule has 1 heterocycles. The Morgan fingerprint density at radius 1 is 1.29 bits per heavy atom. The number of hydrogen-bond donors (Lipinski definition) is 1. The summed E-state index contributed by atoms with van der Waals surface area (Å²) in [6.45, 7) is 2.89. The topological polar surface area (TPSA) is 90.9 Å². The molecule has 0 fully saturated rings. The van der Waals surface area contributed by atoms with E-state index in [1.165, 1.54) is 12.6 Å². The molecule has 21 heavy (non-hydrogen) atoms. The van der Waals surface area contributed by atoms with E-state index in [1.54, 1.807) is 24.3 Å². The highest BCUT2D eigenvalue weighted by atomic mass is 32.2. The van der Waals surface area contributed by atoms with Crippen LogP contribution in [0.25, 0.3) is 0 Å². The van der Waals surface area contributed by atoms with E-state index in [1.807, 2.05) is 4.68 Å². The fourth-order valence-electron chi connectivity index (χ4n) is 2.12. The number of sulfone groups is 1. The van der Waals surface area contributed by atoms with Crippen LogP contribution in [0.3, 0.4) is 0 Å². The van der Waals surface area contributed by atoms with E-state index in [9.17, 15) is 8.42 Å². The Labute approximate surface area is 124 Å². The van der Waals surface area contributed by atoms with Crippen molar-refractivity contribution in [2.45, 2.75) is 37.2 Å². The van der Waals surface area contributed by atoms with Crippen LogP contribution in [0.1, 0.15) is 30.8 Å². The Hall–Kier alpha value is -1.73. The fraction of sp³-hybridized carbons (Fsp3) is 0.429. The first kappa shape index (κ1) is 15.7. The van der Waals surface area contributed by atoms with Gasteiger partial charge in [-0.15, -0.1) is 0 Å². The van der Waals surface area contributed by atoms with Crippen LogP contribution in [-0.4, -0.2) is 29.4 Å². The maximum Gasteiger partial charge on any atom is 0.175 e. The zero-order chi connectivity index (χ0) is 15.5. The molecule has 0 aliphatic rings. The molecule has 2 rings (SSSR count). The Kier molecular flexibility index (Phi) is 4.74. The van der Waals surface area contributed by atoms with Crippen molar-refractivity contribution in [3.8, 4) is 0 Å². The highest BCUT2D eigenvalue weighted by molar-refractivity contribution is 7.90. The van der Waals surface area contributed by atoms with Crippen LogP contribution in [0.5, 0.6) is 0 Å². The van der Waals surface area contributed by atoms with E-state index in [2.05, 4.69) is 17.0 Å². The van der Waals surface area contributed by atoms with Crippen LogP contribution >= 0.6 is 0 Å². The fourth-order valence-corrected chi connectivity index (χ4v) is 2.75. The standard InChI is InChI=1S/C14H20N4O2S/c1-3-8-18-14(16-10-17-18)9-13(15)11-4-6-12(7-5-11)21(2,19)20/h4-7,10,13H,3,8-9,15H2,1-2H3. The SMILES string of the molecule is CCCn1ncnc1CC(N)c1ccc(S(C)(=O)=O)cc1. The molecule has 0 aliphatic carbocycles. The molecule has 1 aromatic heterocycles. The summed E-state index contributed by atoms with van der Waals surface area (Å²) in [6, 6.07) is 6.43. The largest absolute Gasteiger partial charge is 0.324 e. The van der Waals surface area contributed by atoms with Gasteiger partial charge in [-0.2, -0.15) is 5.10 Å². The van der Waals surface area contributed by atoms with Gasteiger partial charge in [-0.05, 0) is 24.1 Å². The van der Waals surface area contributed by atoms with Crippen LogP contribution in [0.15, 0.2) is 35.5 Å². The summed E-state index contributed by atoms with van der Waals surface area (Å²) in [4.78, 5) is 4.53. The smallest absolute Gasteiger partial charge is 0.175 e. The zero-order valence-electron chi connectivity index (χ0n) is 12.2. The second-order valence-electron chi connectivity index (χ2n) is 5.05. The molecule has 1 unspecified atom stereocenters. The third-order valence-corrected chi connectivity index (χ3v) is 4.40. The Balaban J connectivity index is 2.13. The molecular formula is C14H20N4O2S. The summed E-state index contributed by atoms with van der Waals surface area (Å²) in [5, 5.41) is 4.17. The number of benzene rings is 1. The highest BCUT2D eigenvalue weighted by Crippen LogP contribution is 2.18. The number of nitrogens with two attached hydrogens (primary N) is 1. The first-order chi connectivity index (χ1) is 9.91. The van der Waals surface area contributed by atoms with Gasteiger partial charge in [-0.25, -0.2) is 13.4 Å². The zero-order valence-corrected chi connectivity index (χ0v) is 13.0.